The number of nitrogens with one attached hydrogen (secondary N) is 2. The molecule has 0 saturated heterocycles. The number of aliphatic carboxylic acids is 1. The zero-order chi connectivity index (χ0) is 21.6. The van der Waals surface area contributed by atoms with Crippen LogP contribution in [0.3, 0.4) is 0 Å². The maximum Gasteiger partial charge on any atom is 0.310 e. The molecule has 2 aromatic carbocycles. The highest BCUT2D eigenvalue weighted by Crippen LogP contribution is 2.20. The fourth-order valence-electron chi connectivity index (χ4n) is 3.02. The molecule has 0 saturated carbocycles. The van der Waals surface area contributed by atoms with Crippen molar-refractivity contribution in [1.29, 1.82) is 0 Å². The van der Waals surface area contributed by atoms with Crippen LogP contribution in [0, 0.1) is 12.8 Å². The Balaban J connectivity index is 2.17. The summed E-state index contributed by atoms with van der Waals surface area (Å²) in [6.07, 6.45) is 0.481. The van der Waals surface area contributed by atoms with E-state index in [1.54, 1.807) is 43.3 Å². The molecule has 3 N–H and O–H groups in total. The van der Waals surface area contributed by atoms with Crippen molar-refractivity contribution in [1.82, 2.24) is 5.32 Å². The van der Waals surface area contributed by atoms with Crippen LogP contribution in [0.4, 0.5) is 5.69 Å². The lowest BCUT2D eigenvalue weighted by molar-refractivity contribution is -0.138. The standard InChI is InChI=1S/C23H28N2O4/c1-14(2)12-20(25-21(26)19-11-6-5-8-15(19)3)22(27)24-18-10-7-9-17(13-18)16(4)23(28)29/h5-11,13-14,16,20H,12H2,1-4H3,(H,24,27)(H,25,26)(H,28,29). The molecule has 2 amide bonds. The summed E-state index contributed by atoms with van der Waals surface area (Å²) < 4.78 is 0. The molecule has 2 unspecified atom stereocenters. The normalized spacial score (nSPS) is 12.9. The molecule has 0 fully saturated rings. The number of carboxylic acids is 1. The lowest BCUT2D eigenvalue weighted by atomic mass is 10.00. The Hall–Kier alpha value is -3.15. The zero-order valence-corrected chi connectivity index (χ0v) is 17.2. The Bertz CT molecular complexity index is 892. The van der Waals surface area contributed by atoms with E-state index in [-0.39, 0.29) is 17.7 Å². The third-order valence-electron chi connectivity index (χ3n) is 4.74. The number of rotatable bonds is 8. The topological polar surface area (TPSA) is 95.5 Å². The van der Waals surface area contributed by atoms with E-state index in [1.165, 1.54) is 0 Å². The molecule has 0 aliphatic carbocycles. The van der Waals surface area contributed by atoms with Gasteiger partial charge in [-0.05, 0) is 55.5 Å². The van der Waals surface area contributed by atoms with Crippen molar-refractivity contribution in [3.63, 3.8) is 0 Å². The molecule has 0 bridgehead atoms. The summed E-state index contributed by atoms with van der Waals surface area (Å²) in [5.74, 6) is -2.05. The van der Waals surface area contributed by atoms with Crippen molar-refractivity contribution in [2.45, 2.75) is 46.1 Å². The average Bonchev–Trinajstić information content (AvgIpc) is 2.66. The van der Waals surface area contributed by atoms with Crippen LogP contribution < -0.4 is 10.6 Å². The van der Waals surface area contributed by atoms with E-state index >= 15 is 0 Å². The molecule has 0 heterocycles. The quantitative estimate of drug-likeness (QED) is 0.629. The summed E-state index contributed by atoms with van der Waals surface area (Å²) in [6.45, 7) is 7.40. The van der Waals surface area contributed by atoms with Gasteiger partial charge in [-0.1, -0.05) is 44.2 Å². The second-order valence-corrected chi connectivity index (χ2v) is 7.65. The maximum absolute atomic E-state index is 12.9. The predicted molar refractivity (Wildman–Crippen MR) is 113 cm³/mol. The van der Waals surface area contributed by atoms with Gasteiger partial charge in [-0.25, -0.2) is 0 Å². The van der Waals surface area contributed by atoms with Gasteiger partial charge >= 0.3 is 5.97 Å². The number of anilines is 1. The lowest BCUT2D eigenvalue weighted by Crippen LogP contribution is -2.44. The highest BCUT2D eigenvalue weighted by atomic mass is 16.4. The Morgan fingerprint density at radius 3 is 2.31 bits per heavy atom. The van der Waals surface area contributed by atoms with Gasteiger partial charge in [0.15, 0.2) is 0 Å². The third-order valence-corrected chi connectivity index (χ3v) is 4.74. The number of benzene rings is 2. The molecule has 6 nitrogen and oxygen atoms in total. The van der Waals surface area contributed by atoms with Crippen molar-refractivity contribution >= 4 is 23.5 Å². The average molecular weight is 396 g/mol. The molecule has 2 rings (SSSR count). The SMILES string of the molecule is Cc1ccccc1C(=O)NC(CC(C)C)C(=O)Nc1cccc(C(C)C(=O)O)c1. The van der Waals surface area contributed by atoms with E-state index in [2.05, 4.69) is 10.6 Å². The Kier molecular flexibility index (Phi) is 7.53. The molecule has 0 radical (unpaired) electrons. The summed E-state index contributed by atoms with van der Waals surface area (Å²) in [7, 11) is 0. The van der Waals surface area contributed by atoms with Gasteiger partial charge in [-0.2, -0.15) is 0 Å². The Morgan fingerprint density at radius 1 is 1.00 bits per heavy atom. The van der Waals surface area contributed by atoms with Gasteiger partial charge in [0.1, 0.15) is 6.04 Å². The molecular formula is C23H28N2O4. The zero-order valence-electron chi connectivity index (χ0n) is 17.2. The fraction of sp³-hybridized carbons (Fsp3) is 0.348. The molecule has 0 aliphatic rings. The van der Waals surface area contributed by atoms with E-state index in [0.717, 1.165) is 5.56 Å². The van der Waals surface area contributed by atoms with Gasteiger partial charge in [-0.15, -0.1) is 0 Å². The highest BCUT2D eigenvalue weighted by molar-refractivity contribution is 6.01. The third kappa shape index (κ3) is 6.17. The van der Waals surface area contributed by atoms with Gasteiger partial charge in [0.2, 0.25) is 5.91 Å². The summed E-state index contributed by atoms with van der Waals surface area (Å²) in [5, 5.41) is 14.8. The molecule has 2 aromatic rings. The second-order valence-electron chi connectivity index (χ2n) is 7.65. The van der Waals surface area contributed by atoms with Crippen LogP contribution in [0.15, 0.2) is 48.5 Å². The summed E-state index contributed by atoms with van der Waals surface area (Å²) in [5.41, 5.74) is 2.47. The number of hydrogen-bond donors (Lipinski definition) is 3. The molecule has 0 aliphatic heterocycles. The van der Waals surface area contributed by atoms with Crippen molar-refractivity contribution in [2.24, 2.45) is 5.92 Å². The maximum atomic E-state index is 12.9. The van der Waals surface area contributed by atoms with Gasteiger partial charge in [-0.3, -0.25) is 14.4 Å². The molecule has 29 heavy (non-hydrogen) atoms. The van der Waals surface area contributed by atoms with Crippen LogP contribution in [-0.4, -0.2) is 28.9 Å². The molecular weight excluding hydrogens is 368 g/mol. The number of carbonyl (C=O) groups excluding carboxylic acids is 2. The van der Waals surface area contributed by atoms with Crippen molar-refractivity contribution in [2.75, 3.05) is 5.32 Å². The first-order chi connectivity index (χ1) is 13.7. The van der Waals surface area contributed by atoms with Crippen molar-refractivity contribution in [3.05, 3.63) is 65.2 Å². The summed E-state index contributed by atoms with van der Waals surface area (Å²) in [6, 6.07) is 13.3. The van der Waals surface area contributed by atoms with Gasteiger partial charge in [0.25, 0.3) is 5.91 Å². The van der Waals surface area contributed by atoms with E-state index in [1.807, 2.05) is 32.9 Å². The minimum atomic E-state index is -0.934. The molecule has 0 aromatic heterocycles. The lowest BCUT2D eigenvalue weighted by Gasteiger charge is -2.21. The minimum absolute atomic E-state index is 0.196. The number of carboxylic acid groups (broad SMARTS) is 1. The minimum Gasteiger partial charge on any atom is -0.481 e. The van der Waals surface area contributed by atoms with Crippen LogP contribution in [-0.2, 0) is 9.59 Å². The van der Waals surface area contributed by atoms with Gasteiger partial charge in [0, 0.05) is 11.3 Å². The van der Waals surface area contributed by atoms with Gasteiger partial charge < -0.3 is 15.7 Å². The van der Waals surface area contributed by atoms with Crippen LogP contribution in [0.2, 0.25) is 0 Å². The number of hydrogen-bond acceptors (Lipinski definition) is 3. The van der Waals surface area contributed by atoms with E-state index in [9.17, 15) is 19.5 Å². The first kappa shape index (κ1) is 22.1. The molecule has 6 heteroatoms. The first-order valence-corrected chi connectivity index (χ1v) is 9.69. The van der Waals surface area contributed by atoms with Crippen molar-refractivity contribution in [3.8, 4) is 0 Å². The Morgan fingerprint density at radius 2 is 1.69 bits per heavy atom. The van der Waals surface area contributed by atoms with Crippen LogP contribution >= 0.6 is 0 Å². The summed E-state index contributed by atoms with van der Waals surface area (Å²) in [4.78, 5) is 36.8. The van der Waals surface area contributed by atoms with E-state index in [4.69, 9.17) is 0 Å². The van der Waals surface area contributed by atoms with Crippen LogP contribution in [0.25, 0.3) is 0 Å². The highest BCUT2D eigenvalue weighted by Gasteiger charge is 2.23. The van der Waals surface area contributed by atoms with Crippen LogP contribution in [0.1, 0.15) is 54.6 Å². The number of aryl methyl sites for hydroxylation is 1. The van der Waals surface area contributed by atoms with E-state index < -0.39 is 17.9 Å². The van der Waals surface area contributed by atoms with Crippen LogP contribution in [0.5, 0.6) is 0 Å². The predicted octanol–water partition coefficient (Wildman–Crippen LogP) is 3.97. The number of amides is 2. The molecule has 154 valence electrons. The largest absolute Gasteiger partial charge is 0.481 e. The van der Waals surface area contributed by atoms with Crippen molar-refractivity contribution < 1.29 is 19.5 Å². The number of carbonyl (C=O) groups is 3. The Labute approximate surface area is 171 Å². The molecule has 2 atom stereocenters. The summed E-state index contributed by atoms with van der Waals surface area (Å²) >= 11 is 0. The van der Waals surface area contributed by atoms with Gasteiger partial charge in [0.05, 0.1) is 5.92 Å². The first-order valence-electron chi connectivity index (χ1n) is 9.69. The molecule has 0 spiro atoms. The smallest absolute Gasteiger partial charge is 0.310 e. The fourth-order valence-corrected chi connectivity index (χ4v) is 3.02. The monoisotopic (exact) mass is 396 g/mol. The van der Waals surface area contributed by atoms with E-state index in [0.29, 0.717) is 23.2 Å². The second kappa shape index (κ2) is 9.87.